The van der Waals surface area contributed by atoms with Gasteiger partial charge in [-0.25, -0.2) is 10.1 Å². The van der Waals surface area contributed by atoms with Gasteiger partial charge >= 0.3 is 0 Å². The van der Waals surface area contributed by atoms with E-state index in [0.29, 0.717) is 15.6 Å². The number of H-pyrrole nitrogens is 1. The minimum Gasteiger partial charge on any atom is -0.294 e. The van der Waals surface area contributed by atoms with Crippen molar-refractivity contribution in [3.8, 4) is 16.5 Å². The molecule has 0 spiro atoms. The van der Waals surface area contributed by atoms with E-state index in [1.165, 1.54) is 0 Å². The summed E-state index contributed by atoms with van der Waals surface area (Å²) in [4.78, 5) is 4.39. The molecule has 0 aliphatic carbocycles. The van der Waals surface area contributed by atoms with Crippen LogP contribution in [0, 0.1) is 18.6 Å². The van der Waals surface area contributed by atoms with Crippen LogP contribution in [0.25, 0.3) is 16.5 Å². The molecule has 0 aliphatic rings. The van der Waals surface area contributed by atoms with Gasteiger partial charge in [-0.1, -0.05) is 23.7 Å². The predicted octanol–water partition coefficient (Wildman–Crippen LogP) is 5.01. The minimum atomic E-state index is 0.398. The van der Waals surface area contributed by atoms with Gasteiger partial charge in [-0.05, 0) is 44.3 Å². The first-order valence-electron chi connectivity index (χ1n) is 8.11. The Balaban J connectivity index is 1.76. The van der Waals surface area contributed by atoms with Crippen LogP contribution >= 0.6 is 35.2 Å². The van der Waals surface area contributed by atoms with Gasteiger partial charge in [-0.2, -0.15) is 14.9 Å². The molecule has 0 fully saturated rings. The molecular weight excluding hydrogens is 400 g/mol. The number of aromatic nitrogens is 5. The molecule has 0 saturated heterocycles. The maximum Gasteiger partial charge on any atom is 0.216 e. The molecule has 0 radical (unpaired) electrons. The fraction of sp³-hybridized carbons (Fsp3) is 0.111. The molecule has 0 unspecified atom stereocenters. The quantitative estimate of drug-likeness (QED) is 0.377. The van der Waals surface area contributed by atoms with E-state index in [9.17, 15) is 0 Å². The molecule has 0 atom stereocenters. The summed E-state index contributed by atoms with van der Waals surface area (Å²) in [7, 11) is 0. The molecule has 4 aromatic rings. The number of halogens is 1. The van der Waals surface area contributed by atoms with Gasteiger partial charge in [0.1, 0.15) is 0 Å². The zero-order valence-electron chi connectivity index (χ0n) is 14.5. The number of nitrogens with zero attached hydrogens (tertiary/aromatic N) is 5. The highest BCUT2D eigenvalue weighted by Crippen LogP contribution is 2.26. The standard InChI is InChI=1S/C18H15ClN6S2/c1-11-9-13(12(2)24(11)18-20-7-8-27-18)10-21-25-16(22-23-17(25)26)14-5-3-4-6-15(14)19/h3-10H,1-2H3,(H,23,26)/b21-10-. The summed E-state index contributed by atoms with van der Waals surface area (Å²) in [6, 6.07) is 9.53. The summed E-state index contributed by atoms with van der Waals surface area (Å²) >= 11 is 13.2. The topological polar surface area (TPSA) is 63.8 Å². The average Bonchev–Trinajstić information content (AvgIpc) is 3.35. The average molecular weight is 415 g/mol. The first-order valence-corrected chi connectivity index (χ1v) is 9.78. The Bertz CT molecular complexity index is 1180. The predicted molar refractivity (Wildman–Crippen MR) is 112 cm³/mol. The Morgan fingerprint density at radius 3 is 2.85 bits per heavy atom. The highest BCUT2D eigenvalue weighted by atomic mass is 35.5. The summed E-state index contributed by atoms with van der Waals surface area (Å²) in [5.41, 5.74) is 3.89. The van der Waals surface area contributed by atoms with Crippen molar-refractivity contribution in [1.29, 1.82) is 0 Å². The van der Waals surface area contributed by atoms with Crippen molar-refractivity contribution >= 4 is 41.4 Å². The van der Waals surface area contributed by atoms with E-state index in [-0.39, 0.29) is 0 Å². The lowest BCUT2D eigenvalue weighted by Crippen LogP contribution is -1.99. The van der Waals surface area contributed by atoms with Crippen LogP contribution in [-0.4, -0.2) is 30.6 Å². The highest BCUT2D eigenvalue weighted by Gasteiger charge is 2.13. The molecule has 27 heavy (non-hydrogen) atoms. The van der Waals surface area contributed by atoms with E-state index in [1.54, 1.807) is 28.4 Å². The van der Waals surface area contributed by atoms with E-state index >= 15 is 0 Å². The van der Waals surface area contributed by atoms with Crippen molar-refractivity contribution in [2.75, 3.05) is 0 Å². The smallest absolute Gasteiger partial charge is 0.216 e. The Hall–Kier alpha value is -2.55. The van der Waals surface area contributed by atoms with Crippen molar-refractivity contribution in [3.05, 3.63) is 68.7 Å². The molecule has 0 aliphatic heterocycles. The normalized spacial score (nSPS) is 11.5. The third-order valence-corrected chi connectivity index (χ3v) is 5.51. The summed E-state index contributed by atoms with van der Waals surface area (Å²) < 4.78 is 4.08. The third-order valence-electron chi connectivity index (χ3n) is 4.16. The molecule has 1 aromatic carbocycles. The Labute approximate surface area is 169 Å². The second-order valence-corrected chi connectivity index (χ2v) is 7.53. The summed E-state index contributed by atoms with van der Waals surface area (Å²) in [5, 5.41) is 15.1. The number of hydrogen-bond donors (Lipinski definition) is 1. The van der Waals surface area contributed by atoms with Crippen molar-refractivity contribution in [3.63, 3.8) is 0 Å². The largest absolute Gasteiger partial charge is 0.294 e. The summed E-state index contributed by atoms with van der Waals surface area (Å²) in [6.45, 7) is 4.09. The zero-order chi connectivity index (χ0) is 19.0. The molecule has 9 heteroatoms. The Morgan fingerprint density at radius 1 is 1.30 bits per heavy atom. The van der Waals surface area contributed by atoms with Gasteiger partial charge in [0, 0.05) is 34.1 Å². The molecule has 136 valence electrons. The fourth-order valence-corrected chi connectivity index (χ4v) is 4.03. The monoisotopic (exact) mass is 414 g/mol. The van der Waals surface area contributed by atoms with Gasteiger partial charge in [0.2, 0.25) is 4.77 Å². The molecule has 1 N–H and O–H groups in total. The van der Waals surface area contributed by atoms with Gasteiger partial charge < -0.3 is 0 Å². The zero-order valence-corrected chi connectivity index (χ0v) is 16.9. The van der Waals surface area contributed by atoms with Gasteiger partial charge in [0.15, 0.2) is 11.0 Å². The summed E-state index contributed by atoms with van der Waals surface area (Å²) in [6.07, 6.45) is 3.57. The van der Waals surface area contributed by atoms with Crippen molar-refractivity contribution < 1.29 is 0 Å². The number of nitrogens with one attached hydrogen (secondary N) is 1. The van der Waals surface area contributed by atoms with Crippen LogP contribution < -0.4 is 0 Å². The second kappa shape index (κ2) is 7.22. The first-order chi connectivity index (χ1) is 13.1. The molecule has 0 amide bonds. The van der Waals surface area contributed by atoms with Crippen molar-refractivity contribution in [1.82, 2.24) is 24.4 Å². The van der Waals surface area contributed by atoms with Crippen LogP contribution in [0.4, 0.5) is 0 Å². The van der Waals surface area contributed by atoms with Crippen LogP contribution in [0.2, 0.25) is 5.02 Å². The molecular formula is C18H15ClN6S2. The van der Waals surface area contributed by atoms with Gasteiger partial charge in [0.05, 0.1) is 11.2 Å². The van der Waals surface area contributed by atoms with Crippen LogP contribution in [0.5, 0.6) is 0 Å². The van der Waals surface area contributed by atoms with Crippen molar-refractivity contribution in [2.24, 2.45) is 5.10 Å². The van der Waals surface area contributed by atoms with E-state index in [1.807, 2.05) is 43.5 Å². The van der Waals surface area contributed by atoms with E-state index < -0.39 is 0 Å². The number of thiazole rings is 1. The number of aromatic amines is 1. The Kier molecular flexibility index (Phi) is 4.77. The minimum absolute atomic E-state index is 0.398. The lowest BCUT2D eigenvalue weighted by atomic mass is 10.2. The molecule has 0 bridgehead atoms. The number of benzene rings is 1. The third kappa shape index (κ3) is 3.27. The molecule has 6 nitrogen and oxygen atoms in total. The molecule has 4 rings (SSSR count). The van der Waals surface area contributed by atoms with E-state index in [4.69, 9.17) is 23.8 Å². The van der Waals surface area contributed by atoms with Crippen LogP contribution in [0.3, 0.4) is 0 Å². The fourth-order valence-electron chi connectivity index (χ4n) is 2.87. The van der Waals surface area contributed by atoms with E-state index in [2.05, 4.69) is 30.9 Å². The maximum absolute atomic E-state index is 6.30. The highest BCUT2D eigenvalue weighted by molar-refractivity contribution is 7.71. The van der Waals surface area contributed by atoms with E-state index in [0.717, 1.165) is 27.6 Å². The van der Waals surface area contributed by atoms with Gasteiger partial charge in [-0.3, -0.25) is 4.57 Å². The number of rotatable bonds is 4. The van der Waals surface area contributed by atoms with Crippen LogP contribution in [-0.2, 0) is 0 Å². The SMILES string of the molecule is Cc1cc(/C=N\n2c(-c3ccccc3Cl)n[nH]c2=S)c(C)n1-c1nccs1. The first kappa shape index (κ1) is 17.8. The molecule has 3 aromatic heterocycles. The van der Waals surface area contributed by atoms with Crippen molar-refractivity contribution in [2.45, 2.75) is 13.8 Å². The lowest BCUT2D eigenvalue weighted by molar-refractivity contribution is 0.871. The van der Waals surface area contributed by atoms with Gasteiger partial charge in [0.25, 0.3) is 0 Å². The number of aryl methyl sites for hydroxylation is 1. The Morgan fingerprint density at radius 2 is 2.11 bits per heavy atom. The van der Waals surface area contributed by atoms with Crippen LogP contribution in [0.15, 0.2) is 47.0 Å². The number of hydrogen-bond acceptors (Lipinski definition) is 5. The van der Waals surface area contributed by atoms with Crippen LogP contribution in [0.1, 0.15) is 17.0 Å². The molecule has 0 saturated carbocycles. The lowest BCUT2D eigenvalue weighted by Gasteiger charge is -2.04. The second-order valence-electron chi connectivity index (χ2n) is 5.87. The van der Waals surface area contributed by atoms with Gasteiger partial charge in [-0.15, -0.1) is 11.3 Å². The summed E-state index contributed by atoms with van der Waals surface area (Å²) in [5.74, 6) is 0.565. The molecule has 3 heterocycles. The maximum atomic E-state index is 6.30.